The van der Waals surface area contributed by atoms with Crippen LogP contribution in [0.3, 0.4) is 0 Å². The lowest BCUT2D eigenvalue weighted by Gasteiger charge is -2.25. The first kappa shape index (κ1) is 27.6. The van der Waals surface area contributed by atoms with E-state index < -0.39 is 11.2 Å². The van der Waals surface area contributed by atoms with Crippen molar-refractivity contribution in [2.75, 3.05) is 31.1 Å². The number of rotatable bonds is 8. The zero-order chi connectivity index (χ0) is 25.4. The number of aryl methyl sites for hydroxylation is 3. The summed E-state index contributed by atoms with van der Waals surface area (Å²) in [5.74, 6) is -0.194. The maximum absolute atomic E-state index is 13.7. The van der Waals surface area contributed by atoms with Gasteiger partial charge in [-0.3, -0.25) is 23.6 Å². The molecule has 0 aliphatic rings. The van der Waals surface area contributed by atoms with Crippen molar-refractivity contribution in [3.8, 4) is 0 Å². The van der Waals surface area contributed by atoms with Gasteiger partial charge in [0.05, 0.1) is 16.5 Å². The quantitative estimate of drug-likeness (QED) is 0.345. The van der Waals surface area contributed by atoms with E-state index in [2.05, 4.69) is 36.7 Å². The maximum Gasteiger partial charge on any atom is 0.332 e. The van der Waals surface area contributed by atoms with E-state index in [1.807, 2.05) is 13.0 Å². The van der Waals surface area contributed by atoms with Crippen molar-refractivity contribution in [1.82, 2.24) is 28.6 Å². The highest BCUT2D eigenvalue weighted by molar-refractivity contribution is 7.22. The van der Waals surface area contributed by atoms with Crippen LogP contribution in [-0.2, 0) is 25.4 Å². The van der Waals surface area contributed by atoms with Crippen LogP contribution >= 0.6 is 23.7 Å². The number of nitrogens with zero attached hydrogens (tertiary/aromatic N) is 7. The van der Waals surface area contributed by atoms with Crippen molar-refractivity contribution < 1.29 is 4.79 Å². The summed E-state index contributed by atoms with van der Waals surface area (Å²) in [6.45, 7) is 11.1. The number of hydrogen-bond acceptors (Lipinski definition) is 7. The predicted molar refractivity (Wildman–Crippen MR) is 147 cm³/mol. The number of benzene rings is 1. The van der Waals surface area contributed by atoms with E-state index in [0.717, 1.165) is 39.0 Å². The Morgan fingerprint density at radius 3 is 2.42 bits per heavy atom. The fourth-order valence-corrected chi connectivity index (χ4v) is 5.40. The zero-order valence-electron chi connectivity index (χ0n) is 21.4. The molecule has 0 fully saturated rings. The second-order valence-corrected chi connectivity index (χ2v) is 9.73. The molecule has 3 heterocycles. The van der Waals surface area contributed by atoms with E-state index in [-0.39, 0.29) is 36.0 Å². The average molecular weight is 534 g/mol. The van der Waals surface area contributed by atoms with Gasteiger partial charge in [0, 0.05) is 27.2 Å². The molecule has 0 aliphatic carbocycles. The number of carbonyl (C=O) groups excluding carboxylic acids is 1. The molecule has 0 N–H and O–H groups in total. The molecule has 1 amide bonds. The van der Waals surface area contributed by atoms with Gasteiger partial charge in [0.15, 0.2) is 16.3 Å². The Hall–Kier alpha value is -3.02. The van der Waals surface area contributed by atoms with E-state index in [4.69, 9.17) is 4.98 Å². The molecule has 0 bridgehead atoms. The summed E-state index contributed by atoms with van der Waals surface area (Å²) in [5.41, 5.74) is 2.67. The van der Waals surface area contributed by atoms with Crippen molar-refractivity contribution >= 4 is 56.2 Å². The fraction of sp³-hybridized carbons (Fsp3) is 0.458. The zero-order valence-corrected chi connectivity index (χ0v) is 23.1. The molecule has 0 unspecified atom stereocenters. The van der Waals surface area contributed by atoms with Gasteiger partial charge >= 0.3 is 5.69 Å². The molecule has 0 saturated carbocycles. The minimum absolute atomic E-state index is 0. The van der Waals surface area contributed by atoms with Crippen molar-refractivity contribution in [1.29, 1.82) is 0 Å². The van der Waals surface area contributed by atoms with Gasteiger partial charge in [0.1, 0.15) is 6.54 Å². The summed E-state index contributed by atoms with van der Waals surface area (Å²) in [7, 11) is 2.98. The van der Waals surface area contributed by atoms with E-state index in [0.29, 0.717) is 18.2 Å². The highest BCUT2D eigenvalue weighted by Crippen LogP contribution is 2.32. The van der Waals surface area contributed by atoms with Crippen LogP contribution < -0.4 is 16.1 Å². The third-order valence-electron chi connectivity index (χ3n) is 6.40. The molecule has 0 atom stereocenters. The predicted octanol–water partition coefficient (Wildman–Crippen LogP) is 2.46. The normalized spacial score (nSPS) is 11.4. The first-order valence-electron chi connectivity index (χ1n) is 11.7. The van der Waals surface area contributed by atoms with Crippen molar-refractivity contribution in [3.63, 3.8) is 0 Å². The number of anilines is 1. The average Bonchev–Trinajstić information content (AvgIpc) is 3.43. The van der Waals surface area contributed by atoms with Crippen LogP contribution in [0.5, 0.6) is 0 Å². The summed E-state index contributed by atoms with van der Waals surface area (Å²) in [5, 5.41) is 0.635. The number of carbonyl (C=O) groups is 1. The van der Waals surface area contributed by atoms with Gasteiger partial charge in [-0.25, -0.2) is 14.8 Å². The second kappa shape index (κ2) is 10.9. The van der Waals surface area contributed by atoms with Crippen LogP contribution in [0.1, 0.15) is 25.0 Å². The van der Waals surface area contributed by atoms with Gasteiger partial charge in [-0.1, -0.05) is 31.3 Å². The van der Waals surface area contributed by atoms with Gasteiger partial charge in [-0.15, -0.1) is 12.4 Å². The summed E-state index contributed by atoms with van der Waals surface area (Å²) < 4.78 is 4.92. The SMILES string of the molecule is CCN(CC)CCN(C(=O)Cn1cnc2c1c(=O)n(C)c(=O)n2C)c1nc2cc(C)cc(C)c2s1.Cl. The largest absolute Gasteiger partial charge is 0.332 e. The minimum Gasteiger partial charge on any atom is -0.315 e. The monoisotopic (exact) mass is 533 g/mol. The lowest BCUT2D eigenvalue weighted by atomic mass is 10.1. The van der Waals surface area contributed by atoms with E-state index >= 15 is 0 Å². The van der Waals surface area contributed by atoms with Gasteiger partial charge in [0.2, 0.25) is 5.91 Å². The first-order chi connectivity index (χ1) is 16.7. The number of aromatic nitrogens is 5. The highest BCUT2D eigenvalue weighted by Gasteiger charge is 2.23. The Kier molecular flexibility index (Phi) is 8.37. The summed E-state index contributed by atoms with van der Waals surface area (Å²) in [4.78, 5) is 51.8. The molecule has 1 aromatic carbocycles. The van der Waals surface area contributed by atoms with Crippen LogP contribution in [0.2, 0.25) is 0 Å². The molecule has 4 aromatic rings. The number of likely N-dealkylation sites (N-methyl/N-ethyl adjacent to an activating group) is 1. The maximum atomic E-state index is 13.7. The molecule has 0 aliphatic heterocycles. The van der Waals surface area contributed by atoms with Crippen LogP contribution in [-0.4, -0.2) is 60.7 Å². The Morgan fingerprint density at radius 1 is 1.06 bits per heavy atom. The van der Waals surface area contributed by atoms with Crippen LogP contribution in [0, 0.1) is 13.8 Å². The van der Waals surface area contributed by atoms with Crippen LogP contribution in [0.25, 0.3) is 21.4 Å². The van der Waals surface area contributed by atoms with Gasteiger partial charge in [0.25, 0.3) is 5.56 Å². The third kappa shape index (κ3) is 4.95. The molecule has 36 heavy (non-hydrogen) atoms. The first-order valence-corrected chi connectivity index (χ1v) is 12.5. The fourth-order valence-electron chi connectivity index (χ4n) is 4.34. The summed E-state index contributed by atoms with van der Waals surface area (Å²) in [6.07, 6.45) is 1.44. The molecule has 12 heteroatoms. The molecule has 0 saturated heterocycles. The third-order valence-corrected chi connectivity index (χ3v) is 7.63. The molecule has 0 radical (unpaired) electrons. The number of halogens is 1. The summed E-state index contributed by atoms with van der Waals surface area (Å²) >= 11 is 1.50. The van der Waals surface area contributed by atoms with Crippen LogP contribution in [0.15, 0.2) is 28.0 Å². The molecular formula is C24H32ClN7O3S. The standard InChI is InChI=1S/C24H31N7O3S.ClH/c1-7-29(8-2)9-10-31(23-26-17-12-15(3)11-16(4)20(17)35-23)18(32)13-30-14-25-21-19(30)22(33)28(6)24(34)27(21)5;/h11-12,14H,7-10,13H2,1-6H3;1H. The van der Waals surface area contributed by atoms with Gasteiger partial charge in [-0.05, 0) is 44.1 Å². The van der Waals surface area contributed by atoms with E-state index in [9.17, 15) is 14.4 Å². The van der Waals surface area contributed by atoms with Gasteiger partial charge < -0.3 is 9.47 Å². The Bertz CT molecular complexity index is 1530. The minimum atomic E-state index is -0.478. The second-order valence-electron chi connectivity index (χ2n) is 8.75. The van der Waals surface area contributed by atoms with Crippen molar-refractivity contribution in [3.05, 3.63) is 50.4 Å². The molecule has 194 valence electrons. The highest BCUT2D eigenvalue weighted by atomic mass is 35.5. The van der Waals surface area contributed by atoms with E-state index in [1.165, 1.54) is 33.8 Å². The molecule has 0 spiro atoms. The molecule has 4 rings (SSSR count). The number of hydrogen-bond donors (Lipinski definition) is 0. The topological polar surface area (TPSA) is 98.3 Å². The van der Waals surface area contributed by atoms with Crippen molar-refractivity contribution in [2.45, 2.75) is 34.2 Å². The number of amides is 1. The van der Waals surface area contributed by atoms with E-state index in [1.54, 1.807) is 11.9 Å². The summed E-state index contributed by atoms with van der Waals surface area (Å²) in [6, 6.07) is 4.15. The number of thiazole rings is 1. The van der Waals surface area contributed by atoms with Gasteiger partial charge in [-0.2, -0.15) is 0 Å². The molecule has 10 nitrogen and oxygen atoms in total. The number of fused-ring (bicyclic) bond motifs is 2. The number of imidazole rings is 1. The Balaban J connectivity index is 0.00000361. The lowest BCUT2D eigenvalue weighted by Crippen LogP contribution is -2.41. The molecule has 3 aromatic heterocycles. The smallest absolute Gasteiger partial charge is 0.315 e. The lowest BCUT2D eigenvalue weighted by molar-refractivity contribution is -0.119. The Labute approximate surface area is 219 Å². The van der Waals surface area contributed by atoms with Crippen LogP contribution in [0.4, 0.5) is 5.13 Å². The Morgan fingerprint density at radius 2 is 1.75 bits per heavy atom. The van der Waals surface area contributed by atoms with Crippen molar-refractivity contribution in [2.24, 2.45) is 14.1 Å². The molecular weight excluding hydrogens is 502 g/mol.